The molecule has 0 aliphatic rings. The SMILES string of the molecule is O=C(NCc1cccc(O)c1)Nc1ccc(C(F)(F)F)nc1. The van der Waals surface area contributed by atoms with Gasteiger partial charge in [-0.2, -0.15) is 13.2 Å². The molecule has 0 aliphatic carbocycles. The number of carbonyl (C=O) groups excluding carboxylic acids is 1. The summed E-state index contributed by atoms with van der Waals surface area (Å²) in [4.78, 5) is 14.9. The molecule has 0 saturated heterocycles. The lowest BCUT2D eigenvalue weighted by atomic mass is 10.2. The number of amides is 2. The van der Waals surface area contributed by atoms with E-state index in [1.165, 1.54) is 12.1 Å². The fraction of sp³-hybridized carbons (Fsp3) is 0.143. The molecule has 5 nitrogen and oxygen atoms in total. The van der Waals surface area contributed by atoms with Gasteiger partial charge in [-0.15, -0.1) is 0 Å². The molecule has 22 heavy (non-hydrogen) atoms. The number of pyridine rings is 1. The second-order valence-electron chi connectivity index (χ2n) is 4.41. The van der Waals surface area contributed by atoms with Gasteiger partial charge in [-0.25, -0.2) is 9.78 Å². The first-order valence-corrected chi connectivity index (χ1v) is 6.20. The van der Waals surface area contributed by atoms with E-state index in [-0.39, 0.29) is 18.0 Å². The normalized spacial score (nSPS) is 11.0. The number of phenolic OH excluding ortho intramolecular Hbond substituents is 1. The minimum Gasteiger partial charge on any atom is -0.508 e. The second kappa shape index (κ2) is 6.33. The number of phenols is 1. The minimum atomic E-state index is -4.52. The molecule has 0 aliphatic heterocycles. The van der Waals surface area contributed by atoms with Crippen molar-refractivity contribution in [2.45, 2.75) is 12.7 Å². The van der Waals surface area contributed by atoms with Crippen molar-refractivity contribution < 1.29 is 23.1 Å². The van der Waals surface area contributed by atoms with E-state index in [0.29, 0.717) is 5.56 Å². The lowest BCUT2D eigenvalue weighted by molar-refractivity contribution is -0.141. The first-order valence-electron chi connectivity index (χ1n) is 6.20. The number of hydrogen-bond acceptors (Lipinski definition) is 3. The van der Waals surface area contributed by atoms with Crippen LogP contribution in [0.5, 0.6) is 5.75 Å². The smallest absolute Gasteiger partial charge is 0.433 e. The number of urea groups is 1. The van der Waals surface area contributed by atoms with Crippen LogP contribution in [0.1, 0.15) is 11.3 Å². The molecule has 8 heteroatoms. The van der Waals surface area contributed by atoms with E-state index >= 15 is 0 Å². The molecule has 1 aromatic heterocycles. The summed E-state index contributed by atoms with van der Waals surface area (Å²) in [6, 6.07) is 7.63. The maximum atomic E-state index is 12.3. The predicted octanol–water partition coefficient (Wildman–Crippen LogP) is 3.13. The van der Waals surface area contributed by atoms with E-state index in [2.05, 4.69) is 15.6 Å². The molecular weight excluding hydrogens is 299 g/mol. The largest absolute Gasteiger partial charge is 0.508 e. The highest BCUT2D eigenvalue weighted by Crippen LogP contribution is 2.27. The third-order valence-electron chi connectivity index (χ3n) is 2.68. The van der Waals surface area contributed by atoms with Gasteiger partial charge in [0.25, 0.3) is 0 Å². The number of carbonyl (C=O) groups is 1. The summed E-state index contributed by atoms with van der Waals surface area (Å²) in [6.07, 6.45) is -3.59. The fourth-order valence-electron chi connectivity index (χ4n) is 1.66. The Labute approximate surface area is 123 Å². The topological polar surface area (TPSA) is 74.2 Å². The van der Waals surface area contributed by atoms with Crippen LogP contribution in [0.25, 0.3) is 0 Å². The summed E-state index contributed by atoms with van der Waals surface area (Å²) in [5.41, 5.74) is -0.208. The van der Waals surface area contributed by atoms with Gasteiger partial charge in [-0.05, 0) is 29.8 Å². The highest BCUT2D eigenvalue weighted by molar-refractivity contribution is 5.88. The molecule has 0 spiro atoms. The van der Waals surface area contributed by atoms with Crippen molar-refractivity contribution in [2.75, 3.05) is 5.32 Å². The van der Waals surface area contributed by atoms with Crippen molar-refractivity contribution in [1.29, 1.82) is 0 Å². The van der Waals surface area contributed by atoms with Crippen molar-refractivity contribution >= 4 is 11.7 Å². The van der Waals surface area contributed by atoms with Crippen molar-refractivity contribution in [2.24, 2.45) is 0 Å². The zero-order valence-corrected chi connectivity index (χ0v) is 11.2. The Bertz CT molecular complexity index is 657. The van der Waals surface area contributed by atoms with Crippen molar-refractivity contribution in [3.05, 3.63) is 53.9 Å². The zero-order valence-electron chi connectivity index (χ0n) is 11.2. The average Bonchev–Trinajstić information content (AvgIpc) is 2.45. The van der Waals surface area contributed by atoms with Crippen LogP contribution in [0, 0.1) is 0 Å². The van der Waals surface area contributed by atoms with Gasteiger partial charge in [-0.3, -0.25) is 0 Å². The van der Waals surface area contributed by atoms with Gasteiger partial charge in [0, 0.05) is 6.54 Å². The molecular formula is C14H12F3N3O2. The van der Waals surface area contributed by atoms with E-state index in [0.717, 1.165) is 18.3 Å². The van der Waals surface area contributed by atoms with Crippen LogP contribution in [0.15, 0.2) is 42.6 Å². The van der Waals surface area contributed by atoms with Crippen LogP contribution in [0.3, 0.4) is 0 Å². The predicted molar refractivity (Wildman–Crippen MR) is 73.2 cm³/mol. The van der Waals surface area contributed by atoms with E-state index in [1.807, 2.05) is 0 Å². The maximum absolute atomic E-state index is 12.3. The van der Waals surface area contributed by atoms with Gasteiger partial charge in [0.2, 0.25) is 0 Å². The zero-order chi connectivity index (χ0) is 16.2. The van der Waals surface area contributed by atoms with Gasteiger partial charge in [0.1, 0.15) is 11.4 Å². The van der Waals surface area contributed by atoms with Gasteiger partial charge in [0.05, 0.1) is 11.9 Å². The highest BCUT2D eigenvalue weighted by atomic mass is 19.4. The minimum absolute atomic E-state index is 0.0756. The van der Waals surface area contributed by atoms with E-state index in [1.54, 1.807) is 12.1 Å². The van der Waals surface area contributed by atoms with Gasteiger partial charge >= 0.3 is 12.2 Å². The van der Waals surface area contributed by atoms with E-state index < -0.39 is 17.9 Å². The Morgan fingerprint density at radius 3 is 2.59 bits per heavy atom. The highest BCUT2D eigenvalue weighted by Gasteiger charge is 2.32. The number of halogens is 3. The number of alkyl halides is 3. The quantitative estimate of drug-likeness (QED) is 0.815. The Hall–Kier alpha value is -2.77. The third-order valence-corrected chi connectivity index (χ3v) is 2.68. The van der Waals surface area contributed by atoms with Crippen LogP contribution in [0.2, 0.25) is 0 Å². The lowest BCUT2D eigenvalue weighted by Crippen LogP contribution is -2.28. The summed E-state index contributed by atoms with van der Waals surface area (Å²) >= 11 is 0. The first-order chi connectivity index (χ1) is 10.3. The molecule has 116 valence electrons. The van der Waals surface area contributed by atoms with Gasteiger partial charge in [-0.1, -0.05) is 12.1 Å². The molecule has 0 bridgehead atoms. The molecule has 2 aromatic rings. The molecule has 1 heterocycles. The Kier molecular flexibility index (Phi) is 4.50. The van der Waals surface area contributed by atoms with E-state index in [9.17, 15) is 23.1 Å². The monoisotopic (exact) mass is 311 g/mol. The van der Waals surface area contributed by atoms with Gasteiger partial charge < -0.3 is 15.7 Å². The number of benzene rings is 1. The molecule has 3 N–H and O–H groups in total. The molecule has 0 radical (unpaired) electrons. The summed E-state index contributed by atoms with van der Waals surface area (Å²) < 4.78 is 37.0. The molecule has 1 aromatic carbocycles. The number of anilines is 1. The Morgan fingerprint density at radius 2 is 2.00 bits per heavy atom. The Morgan fingerprint density at radius 1 is 1.23 bits per heavy atom. The Balaban J connectivity index is 1.89. The average molecular weight is 311 g/mol. The molecule has 0 fully saturated rings. The van der Waals surface area contributed by atoms with Crippen LogP contribution in [0.4, 0.5) is 23.7 Å². The first kappa shape index (κ1) is 15.6. The standard InChI is InChI=1S/C14H12F3N3O2/c15-14(16,17)12-5-4-10(8-18-12)20-13(22)19-7-9-2-1-3-11(21)6-9/h1-6,8,21H,7H2,(H2,19,20,22). The third kappa shape index (κ3) is 4.37. The molecule has 0 saturated carbocycles. The van der Waals surface area contributed by atoms with Crippen molar-refractivity contribution in [1.82, 2.24) is 10.3 Å². The summed E-state index contributed by atoms with van der Waals surface area (Å²) in [7, 11) is 0. The number of nitrogens with zero attached hydrogens (tertiary/aromatic N) is 1. The number of hydrogen-bond donors (Lipinski definition) is 3. The van der Waals surface area contributed by atoms with Crippen molar-refractivity contribution in [3.8, 4) is 5.75 Å². The van der Waals surface area contributed by atoms with E-state index in [4.69, 9.17) is 0 Å². The van der Waals surface area contributed by atoms with Crippen LogP contribution < -0.4 is 10.6 Å². The van der Waals surface area contributed by atoms with Gasteiger partial charge in [0.15, 0.2) is 0 Å². The molecule has 2 amide bonds. The second-order valence-corrected chi connectivity index (χ2v) is 4.41. The maximum Gasteiger partial charge on any atom is 0.433 e. The lowest BCUT2D eigenvalue weighted by Gasteiger charge is -2.09. The van der Waals surface area contributed by atoms with Crippen molar-refractivity contribution in [3.63, 3.8) is 0 Å². The number of rotatable bonds is 3. The van der Waals surface area contributed by atoms with Crippen LogP contribution in [-0.4, -0.2) is 16.1 Å². The number of aromatic nitrogens is 1. The number of nitrogens with one attached hydrogen (secondary N) is 2. The summed E-state index contributed by atoms with van der Waals surface area (Å²) in [6.45, 7) is 0.161. The van der Waals surface area contributed by atoms with Crippen LogP contribution >= 0.6 is 0 Å². The fourth-order valence-corrected chi connectivity index (χ4v) is 1.66. The summed E-state index contributed by atoms with van der Waals surface area (Å²) in [5, 5.41) is 14.1. The van der Waals surface area contributed by atoms with Crippen LogP contribution in [-0.2, 0) is 12.7 Å². The molecule has 2 rings (SSSR count). The summed E-state index contributed by atoms with van der Waals surface area (Å²) in [5.74, 6) is 0.0756. The number of aromatic hydroxyl groups is 1. The molecule has 0 unspecified atom stereocenters. The molecule has 0 atom stereocenters.